The summed E-state index contributed by atoms with van der Waals surface area (Å²) in [6, 6.07) is 9.92. The maximum absolute atomic E-state index is 4.43. The average Bonchev–Trinajstić information content (AvgIpc) is 2.86. The molecule has 0 atom stereocenters. The van der Waals surface area contributed by atoms with Crippen LogP contribution in [-0.4, -0.2) is 26.6 Å². The van der Waals surface area contributed by atoms with Gasteiger partial charge >= 0.3 is 0 Å². The van der Waals surface area contributed by atoms with Gasteiger partial charge in [0.1, 0.15) is 0 Å². The molecule has 2 heterocycles. The molecular formula is C14H13N5. The molecule has 1 aromatic carbocycles. The summed E-state index contributed by atoms with van der Waals surface area (Å²) in [4.78, 5) is 4.43. The predicted molar refractivity (Wildman–Crippen MR) is 74.9 cm³/mol. The molecule has 1 N–H and O–H groups in total. The lowest BCUT2D eigenvalue weighted by Crippen LogP contribution is -1.91. The highest BCUT2D eigenvalue weighted by atomic mass is 15.2. The molecule has 0 saturated heterocycles. The topological polar surface area (TPSA) is 66.8 Å². The van der Waals surface area contributed by atoms with Gasteiger partial charge in [-0.15, -0.1) is 5.10 Å². The van der Waals surface area contributed by atoms with E-state index >= 15 is 0 Å². The van der Waals surface area contributed by atoms with E-state index in [-0.39, 0.29) is 0 Å². The Hall–Kier alpha value is -2.56. The van der Waals surface area contributed by atoms with Crippen molar-refractivity contribution in [1.82, 2.24) is 20.4 Å². The molecule has 0 aliphatic rings. The third-order valence-corrected chi connectivity index (χ3v) is 3.08. The molecule has 0 bridgehead atoms. The molecule has 0 unspecified atom stereocenters. The quantitative estimate of drug-likeness (QED) is 0.712. The Labute approximate surface area is 110 Å². The molecule has 5 nitrogen and oxygen atoms in total. The SMILES string of the molecule is Cc1nnc2[nH]nc(/N=C/c3ccccc3)c2c1C. The van der Waals surface area contributed by atoms with E-state index in [1.54, 1.807) is 6.21 Å². The van der Waals surface area contributed by atoms with Crippen molar-refractivity contribution in [1.29, 1.82) is 0 Å². The van der Waals surface area contributed by atoms with Crippen LogP contribution in [0.1, 0.15) is 16.8 Å². The first kappa shape index (κ1) is 11.5. The molecular weight excluding hydrogens is 238 g/mol. The van der Waals surface area contributed by atoms with Gasteiger partial charge in [-0.05, 0) is 25.0 Å². The Kier molecular flexibility index (Phi) is 2.79. The zero-order chi connectivity index (χ0) is 13.2. The molecule has 0 aliphatic carbocycles. The number of aromatic nitrogens is 4. The first-order valence-corrected chi connectivity index (χ1v) is 6.03. The number of nitrogens with one attached hydrogen (secondary N) is 1. The monoisotopic (exact) mass is 251 g/mol. The summed E-state index contributed by atoms with van der Waals surface area (Å²) in [5, 5.41) is 16.1. The normalized spacial score (nSPS) is 11.5. The van der Waals surface area contributed by atoms with Crippen molar-refractivity contribution in [3.05, 3.63) is 47.2 Å². The third-order valence-electron chi connectivity index (χ3n) is 3.08. The number of aromatic amines is 1. The van der Waals surface area contributed by atoms with Crippen molar-refractivity contribution < 1.29 is 0 Å². The summed E-state index contributed by atoms with van der Waals surface area (Å²) >= 11 is 0. The zero-order valence-electron chi connectivity index (χ0n) is 10.8. The maximum atomic E-state index is 4.43. The van der Waals surface area contributed by atoms with Gasteiger partial charge in [0.2, 0.25) is 0 Å². The van der Waals surface area contributed by atoms with E-state index in [4.69, 9.17) is 0 Å². The van der Waals surface area contributed by atoms with Crippen LogP contribution in [0, 0.1) is 13.8 Å². The van der Waals surface area contributed by atoms with Crippen LogP contribution in [0.5, 0.6) is 0 Å². The minimum Gasteiger partial charge on any atom is -0.257 e. The lowest BCUT2D eigenvalue weighted by molar-refractivity contribution is 0.975. The molecule has 0 fully saturated rings. The highest BCUT2D eigenvalue weighted by molar-refractivity contribution is 5.92. The second-order valence-corrected chi connectivity index (χ2v) is 4.35. The highest BCUT2D eigenvalue weighted by Gasteiger charge is 2.10. The van der Waals surface area contributed by atoms with Gasteiger partial charge in [-0.2, -0.15) is 10.2 Å². The largest absolute Gasteiger partial charge is 0.257 e. The van der Waals surface area contributed by atoms with Crippen LogP contribution in [0.25, 0.3) is 11.0 Å². The first-order valence-electron chi connectivity index (χ1n) is 6.03. The van der Waals surface area contributed by atoms with E-state index < -0.39 is 0 Å². The van der Waals surface area contributed by atoms with Crippen LogP contribution in [0.4, 0.5) is 5.82 Å². The second-order valence-electron chi connectivity index (χ2n) is 4.35. The smallest absolute Gasteiger partial charge is 0.183 e. The molecule has 0 spiro atoms. The van der Waals surface area contributed by atoms with Crippen LogP contribution >= 0.6 is 0 Å². The van der Waals surface area contributed by atoms with Crippen molar-refractivity contribution in [3.8, 4) is 0 Å². The summed E-state index contributed by atoms with van der Waals surface area (Å²) < 4.78 is 0. The van der Waals surface area contributed by atoms with Crippen LogP contribution in [0.3, 0.4) is 0 Å². The minimum absolute atomic E-state index is 0.648. The maximum Gasteiger partial charge on any atom is 0.183 e. The van der Waals surface area contributed by atoms with E-state index in [0.29, 0.717) is 11.5 Å². The number of H-pyrrole nitrogens is 1. The van der Waals surface area contributed by atoms with Crippen LogP contribution < -0.4 is 0 Å². The molecule has 3 rings (SSSR count). The first-order chi connectivity index (χ1) is 9.25. The standard InChI is InChI=1S/C14H13N5/c1-9-10(2)16-18-14-12(9)13(17-19-14)15-8-11-6-4-3-5-7-11/h3-8H,1-2H3,(H,17,18,19)/b15-8+. The minimum atomic E-state index is 0.648. The Bertz CT molecular complexity index is 743. The summed E-state index contributed by atoms with van der Waals surface area (Å²) in [6.07, 6.45) is 1.80. The van der Waals surface area contributed by atoms with Crippen molar-refractivity contribution in [2.45, 2.75) is 13.8 Å². The van der Waals surface area contributed by atoms with Crippen molar-refractivity contribution in [3.63, 3.8) is 0 Å². The van der Waals surface area contributed by atoms with E-state index in [1.807, 2.05) is 44.2 Å². The van der Waals surface area contributed by atoms with E-state index in [2.05, 4.69) is 25.4 Å². The third kappa shape index (κ3) is 2.10. The fraction of sp³-hybridized carbons (Fsp3) is 0.143. The van der Waals surface area contributed by atoms with Crippen molar-refractivity contribution >= 4 is 23.1 Å². The number of rotatable bonds is 2. The number of aryl methyl sites for hydroxylation is 2. The van der Waals surface area contributed by atoms with Gasteiger partial charge in [0, 0.05) is 6.21 Å². The molecule has 5 heteroatoms. The molecule has 2 aromatic heterocycles. The van der Waals surface area contributed by atoms with Crippen LogP contribution in [0.2, 0.25) is 0 Å². The number of benzene rings is 1. The highest BCUT2D eigenvalue weighted by Crippen LogP contribution is 2.25. The van der Waals surface area contributed by atoms with Gasteiger partial charge in [-0.25, -0.2) is 4.99 Å². The number of hydrogen-bond donors (Lipinski definition) is 1. The summed E-state index contributed by atoms with van der Waals surface area (Å²) in [7, 11) is 0. The van der Waals surface area contributed by atoms with Gasteiger partial charge in [0.25, 0.3) is 0 Å². The summed E-state index contributed by atoms with van der Waals surface area (Å²) in [6.45, 7) is 3.93. The van der Waals surface area contributed by atoms with E-state index in [1.165, 1.54) is 0 Å². The Morgan fingerprint density at radius 1 is 1.11 bits per heavy atom. The van der Waals surface area contributed by atoms with Gasteiger partial charge in [0.05, 0.1) is 11.1 Å². The van der Waals surface area contributed by atoms with Crippen molar-refractivity contribution in [2.75, 3.05) is 0 Å². The summed E-state index contributed by atoms with van der Waals surface area (Å²) in [5.41, 5.74) is 3.65. The fourth-order valence-electron chi connectivity index (χ4n) is 1.89. The lowest BCUT2D eigenvalue weighted by atomic mass is 10.2. The molecule has 0 aliphatic heterocycles. The Balaban J connectivity index is 2.07. The molecule has 0 radical (unpaired) electrons. The Morgan fingerprint density at radius 2 is 1.89 bits per heavy atom. The number of nitrogens with zero attached hydrogens (tertiary/aromatic N) is 4. The second kappa shape index (κ2) is 4.61. The van der Waals surface area contributed by atoms with Gasteiger partial charge < -0.3 is 0 Å². The number of fused-ring (bicyclic) bond motifs is 1. The van der Waals surface area contributed by atoms with Crippen LogP contribution in [0.15, 0.2) is 35.3 Å². The molecule has 0 amide bonds. The van der Waals surface area contributed by atoms with Crippen LogP contribution in [-0.2, 0) is 0 Å². The molecule has 19 heavy (non-hydrogen) atoms. The fourth-order valence-corrected chi connectivity index (χ4v) is 1.89. The predicted octanol–water partition coefficient (Wildman–Crippen LogP) is 2.72. The van der Waals surface area contributed by atoms with Crippen molar-refractivity contribution in [2.24, 2.45) is 4.99 Å². The van der Waals surface area contributed by atoms with E-state index in [9.17, 15) is 0 Å². The molecule has 94 valence electrons. The summed E-state index contributed by atoms with van der Waals surface area (Å²) in [5.74, 6) is 0.648. The zero-order valence-corrected chi connectivity index (χ0v) is 10.8. The van der Waals surface area contributed by atoms with E-state index in [0.717, 1.165) is 22.2 Å². The average molecular weight is 251 g/mol. The Morgan fingerprint density at radius 3 is 2.68 bits per heavy atom. The van der Waals surface area contributed by atoms with Gasteiger partial charge in [0.15, 0.2) is 11.5 Å². The number of aliphatic imine (C=N–C) groups is 1. The molecule has 0 saturated carbocycles. The lowest BCUT2D eigenvalue weighted by Gasteiger charge is -1.98. The van der Waals surface area contributed by atoms with Gasteiger partial charge in [-0.3, -0.25) is 5.10 Å². The van der Waals surface area contributed by atoms with Gasteiger partial charge in [-0.1, -0.05) is 30.3 Å². The number of hydrogen-bond acceptors (Lipinski definition) is 4. The molecule has 3 aromatic rings.